The van der Waals surface area contributed by atoms with Gasteiger partial charge in [0.2, 0.25) is 5.91 Å². The molecule has 0 saturated heterocycles. The first kappa shape index (κ1) is 17.7. The Kier molecular flexibility index (Phi) is 4.68. The van der Waals surface area contributed by atoms with E-state index >= 15 is 0 Å². The fraction of sp³-hybridized carbons (Fsp3) is 0.438. The van der Waals surface area contributed by atoms with Gasteiger partial charge in [0.1, 0.15) is 11.3 Å². The normalized spacial score (nSPS) is 15.8. The van der Waals surface area contributed by atoms with Gasteiger partial charge in [-0.1, -0.05) is 18.3 Å². The Balaban J connectivity index is 2.01. The largest absolute Gasteiger partial charge is 0.481 e. The molecule has 1 aromatic carbocycles. The van der Waals surface area contributed by atoms with E-state index in [2.05, 4.69) is 4.98 Å². The van der Waals surface area contributed by atoms with Gasteiger partial charge in [-0.15, -0.1) is 0 Å². The molecule has 1 aliphatic rings. The van der Waals surface area contributed by atoms with E-state index in [1.807, 2.05) is 0 Å². The molecule has 1 aliphatic carbocycles. The molecule has 0 radical (unpaired) electrons. The summed E-state index contributed by atoms with van der Waals surface area (Å²) in [6, 6.07) is 0.256. The van der Waals surface area contributed by atoms with Gasteiger partial charge in [0.25, 0.3) is 0 Å². The van der Waals surface area contributed by atoms with Crippen LogP contribution < -0.4 is 4.90 Å². The summed E-state index contributed by atoms with van der Waals surface area (Å²) >= 11 is 0.761. The molecule has 9 heteroatoms. The van der Waals surface area contributed by atoms with E-state index in [9.17, 15) is 22.8 Å². The summed E-state index contributed by atoms with van der Waals surface area (Å²) in [7, 11) is 0. The number of carbonyl (C=O) groups is 2. The molecule has 1 unspecified atom stereocenters. The van der Waals surface area contributed by atoms with Crippen molar-refractivity contribution in [1.29, 1.82) is 0 Å². The Hall–Kier alpha value is -2.16. The summed E-state index contributed by atoms with van der Waals surface area (Å²) in [6.07, 6.45) is 2.04. The summed E-state index contributed by atoms with van der Waals surface area (Å²) in [5.41, 5.74) is -0.457. The van der Waals surface area contributed by atoms with Gasteiger partial charge < -0.3 is 5.11 Å². The second kappa shape index (κ2) is 6.62. The molecule has 3 rings (SSSR count). The van der Waals surface area contributed by atoms with Crippen molar-refractivity contribution in [3.8, 4) is 0 Å². The molecule has 2 aromatic rings. The number of fused-ring (bicyclic) bond motifs is 1. The number of halogens is 3. The zero-order chi connectivity index (χ0) is 18.3. The minimum atomic E-state index is -1.34. The summed E-state index contributed by atoms with van der Waals surface area (Å²) in [5.74, 6) is -6.03. The van der Waals surface area contributed by atoms with Gasteiger partial charge in [-0.05, 0) is 19.3 Å². The maximum atomic E-state index is 13.9. The lowest BCUT2D eigenvalue weighted by Crippen LogP contribution is -2.45. The standard InChI is InChI=1S/C16H15F3N2O3S/c1-7(15(23)24)5-11(22)21(8-3-2-4-8)16-20-13-12(19)9(17)6-10(18)14(13)25-16/h6-8H,2-5H2,1H3,(H,23,24). The lowest BCUT2D eigenvalue weighted by molar-refractivity contribution is -0.143. The Morgan fingerprint density at radius 2 is 2.04 bits per heavy atom. The van der Waals surface area contributed by atoms with E-state index in [1.54, 1.807) is 0 Å². The van der Waals surface area contributed by atoms with Crippen LogP contribution in [0, 0.1) is 23.4 Å². The van der Waals surface area contributed by atoms with Crippen LogP contribution in [0.3, 0.4) is 0 Å². The van der Waals surface area contributed by atoms with Crippen molar-refractivity contribution in [1.82, 2.24) is 4.98 Å². The van der Waals surface area contributed by atoms with Crippen molar-refractivity contribution in [3.63, 3.8) is 0 Å². The SMILES string of the molecule is CC(CC(=O)N(c1nc2c(F)c(F)cc(F)c2s1)C1CCC1)C(=O)O. The van der Waals surface area contributed by atoms with Crippen LogP contribution in [-0.2, 0) is 9.59 Å². The van der Waals surface area contributed by atoms with Crippen LogP contribution >= 0.6 is 11.3 Å². The molecule has 0 spiro atoms. The van der Waals surface area contributed by atoms with E-state index in [0.717, 1.165) is 17.8 Å². The van der Waals surface area contributed by atoms with E-state index in [-0.39, 0.29) is 22.3 Å². The first-order valence-electron chi connectivity index (χ1n) is 7.78. The second-order valence-corrected chi connectivity index (χ2v) is 7.10. The van der Waals surface area contributed by atoms with E-state index in [1.165, 1.54) is 11.8 Å². The van der Waals surface area contributed by atoms with Crippen LogP contribution in [0.1, 0.15) is 32.6 Å². The number of aliphatic carboxylic acids is 1. The summed E-state index contributed by atoms with van der Waals surface area (Å²) in [4.78, 5) is 28.8. The Labute approximate surface area is 145 Å². The summed E-state index contributed by atoms with van der Waals surface area (Å²) in [5, 5.41) is 9.05. The Bertz CT molecular complexity index is 851. The maximum Gasteiger partial charge on any atom is 0.306 e. The Morgan fingerprint density at radius 3 is 2.60 bits per heavy atom. The van der Waals surface area contributed by atoms with E-state index < -0.39 is 40.8 Å². The molecule has 1 heterocycles. The third-order valence-electron chi connectivity index (χ3n) is 4.32. The number of carboxylic acids is 1. The van der Waals surface area contributed by atoms with Crippen molar-refractivity contribution in [2.24, 2.45) is 5.92 Å². The molecule has 0 bridgehead atoms. The smallest absolute Gasteiger partial charge is 0.306 e. The number of nitrogens with zero attached hydrogens (tertiary/aromatic N) is 2. The zero-order valence-corrected chi connectivity index (χ0v) is 14.1. The van der Waals surface area contributed by atoms with Crippen molar-refractivity contribution < 1.29 is 27.9 Å². The Morgan fingerprint density at radius 1 is 1.36 bits per heavy atom. The minimum Gasteiger partial charge on any atom is -0.481 e. The fourth-order valence-corrected chi connectivity index (χ4v) is 3.69. The summed E-state index contributed by atoms with van der Waals surface area (Å²) in [6.45, 7) is 1.41. The number of carbonyl (C=O) groups excluding carboxylic acids is 1. The molecule has 1 N–H and O–H groups in total. The van der Waals surface area contributed by atoms with Crippen molar-refractivity contribution in [2.75, 3.05) is 4.90 Å². The molecular formula is C16H15F3N2O3S. The second-order valence-electron chi connectivity index (χ2n) is 6.12. The molecule has 1 amide bonds. The third-order valence-corrected chi connectivity index (χ3v) is 5.38. The van der Waals surface area contributed by atoms with Crippen LogP contribution in [0.15, 0.2) is 6.07 Å². The highest BCUT2D eigenvalue weighted by atomic mass is 32.1. The molecule has 1 atom stereocenters. The van der Waals surface area contributed by atoms with Gasteiger partial charge in [0.05, 0.1) is 10.6 Å². The van der Waals surface area contributed by atoms with Crippen LogP contribution in [0.25, 0.3) is 10.2 Å². The first-order chi connectivity index (χ1) is 11.8. The minimum absolute atomic E-state index is 0.0608. The molecular weight excluding hydrogens is 357 g/mol. The number of rotatable bonds is 5. The number of aromatic nitrogens is 1. The molecule has 1 fully saturated rings. The molecule has 0 aliphatic heterocycles. The average molecular weight is 372 g/mol. The highest BCUT2D eigenvalue weighted by Crippen LogP contribution is 2.38. The molecule has 134 valence electrons. The molecule has 1 saturated carbocycles. The van der Waals surface area contributed by atoms with Crippen molar-refractivity contribution in [2.45, 2.75) is 38.6 Å². The number of hydrogen-bond acceptors (Lipinski definition) is 4. The number of thiazole rings is 1. The quantitative estimate of drug-likeness (QED) is 0.813. The maximum absolute atomic E-state index is 13.9. The van der Waals surface area contributed by atoms with Crippen LogP contribution in [0.5, 0.6) is 0 Å². The van der Waals surface area contributed by atoms with Gasteiger partial charge in [-0.3, -0.25) is 14.5 Å². The van der Waals surface area contributed by atoms with Crippen molar-refractivity contribution >= 4 is 38.6 Å². The van der Waals surface area contributed by atoms with Gasteiger partial charge >= 0.3 is 5.97 Å². The van der Waals surface area contributed by atoms with Crippen LogP contribution in [0.4, 0.5) is 18.3 Å². The highest BCUT2D eigenvalue weighted by Gasteiger charge is 2.34. The zero-order valence-electron chi connectivity index (χ0n) is 13.3. The van der Waals surface area contributed by atoms with Gasteiger partial charge in [0, 0.05) is 18.5 Å². The highest BCUT2D eigenvalue weighted by molar-refractivity contribution is 7.22. The van der Waals surface area contributed by atoms with E-state index in [0.29, 0.717) is 18.9 Å². The van der Waals surface area contributed by atoms with Crippen molar-refractivity contribution in [3.05, 3.63) is 23.5 Å². The van der Waals surface area contributed by atoms with Gasteiger partial charge in [0.15, 0.2) is 16.8 Å². The monoisotopic (exact) mass is 372 g/mol. The molecule has 25 heavy (non-hydrogen) atoms. The predicted molar refractivity (Wildman–Crippen MR) is 86.0 cm³/mol. The van der Waals surface area contributed by atoms with Gasteiger partial charge in [-0.2, -0.15) is 0 Å². The van der Waals surface area contributed by atoms with Crippen LogP contribution in [0.2, 0.25) is 0 Å². The fourth-order valence-electron chi connectivity index (χ4n) is 2.63. The van der Waals surface area contributed by atoms with Gasteiger partial charge in [-0.25, -0.2) is 18.2 Å². The number of hydrogen-bond donors (Lipinski definition) is 1. The number of benzene rings is 1. The average Bonchev–Trinajstić information content (AvgIpc) is 2.93. The number of carboxylic acid groups (broad SMARTS) is 1. The molecule has 5 nitrogen and oxygen atoms in total. The van der Waals surface area contributed by atoms with E-state index in [4.69, 9.17) is 5.11 Å². The van der Waals surface area contributed by atoms with Crippen LogP contribution in [-0.4, -0.2) is 28.0 Å². The third kappa shape index (κ3) is 3.20. The topological polar surface area (TPSA) is 70.5 Å². The lowest BCUT2D eigenvalue weighted by Gasteiger charge is -2.36. The summed E-state index contributed by atoms with van der Waals surface area (Å²) < 4.78 is 41.0. The molecule has 1 aromatic heterocycles. The predicted octanol–water partition coefficient (Wildman–Crippen LogP) is 3.71. The number of anilines is 1. The number of amides is 1. The lowest BCUT2D eigenvalue weighted by atomic mass is 9.91. The first-order valence-corrected chi connectivity index (χ1v) is 8.60.